The highest BCUT2D eigenvalue weighted by Crippen LogP contribution is 2.44. The Bertz CT molecular complexity index is 2610. The van der Waals surface area contributed by atoms with Crippen molar-refractivity contribution in [3.05, 3.63) is 187 Å². The van der Waals surface area contributed by atoms with Crippen LogP contribution in [0.3, 0.4) is 0 Å². The van der Waals surface area contributed by atoms with Crippen LogP contribution in [0.4, 0.5) is 16.2 Å². The predicted octanol–water partition coefficient (Wildman–Crippen LogP) is 10.2. The van der Waals surface area contributed by atoms with Gasteiger partial charge in [0, 0.05) is 23.7 Å². The number of carbonyl (C=O) groups is 5. The van der Waals surface area contributed by atoms with Gasteiger partial charge in [0.25, 0.3) is 11.8 Å². The monoisotopic (exact) mass is 954 g/mol. The quantitative estimate of drug-likeness (QED) is 0.0649. The molecule has 5 N–H and O–H groups in total. The van der Waals surface area contributed by atoms with E-state index in [2.05, 4.69) is 32.8 Å². The first-order valence-electron chi connectivity index (χ1n) is 20.0. The number of nitrogens with two attached hydrogens (primary N) is 1. The Morgan fingerprint density at radius 1 is 0.554 bits per heavy atom. The van der Waals surface area contributed by atoms with Crippen LogP contribution in [0.2, 0.25) is 20.1 Å². The predicted molar refractivity (Wildman–Crippen MR) is 253 cm³/mol. The van der Waals surface area contributed by atoms with E-state index in [1.54, 1.807) is 84.9 Å². The first kappa shape index (κ1) is 48.1. The summed E-state index contributed by atoms with van der Waals surface area (Å²) in [6.45, 7) is 0.123. The number of fused-ring (bicyclic) bond motifs is 3. The highest BCUT2D eigenvalue weighted by molar-refractivity contribution is 6.41. The lowest BCUT2D eigenvalue weighted by molar-refractivity contribution is -0.143. The summed E-state index contributed by atoms with van der Waals surface area (Å²) < 4.78 is 15.1. The van der Waals surface area contributed by atoms with Crippen LogP contribution < -0.4 is 21.7 Å². The van der Waals surface area contributed by atoms with Gasteiger partial charge in [-0.25, -0.2) is 9.59 Å². The van der Waals surface area contributed by atoms with Gasteiger partial charge in [-0.3, -0.25) is 14.4 Å². The molecule has 0 saturated carbocycles. The third-order valence-corrected chi connectivity index (χ3v) is 11.6. The zero-order valence-electron chi connectivity index (χ0n) is 34.9. The van der Waals surface area contributed by atoms with Crippen molar-refractivity contribution in [3.8, 4) is 11.1 Å². The topological polar surface area (TPSA) is 175 Å². The highest BCUT2D eigenvalue weighted by atomic mass is 35.5. The molecule has 7 rings (SSSR count). The van der Waals surface area contributed by atoms with Gasteiger partial charge in [0.1, 0.15) is 18.7 Å². The number of carbonyl (C=O) groups excluding carboxylic acids is 5. The summed E-state index contributed by atoms with van der Waals surface area (Å²) in [6, 6.07) is 37.9. The molecule has 2 atom stereocenters. The molecule has 65 heavy (non-hydrogen) atoms. The Balaban J connectivity index is 0.000000248. The van der Waals surface area contributed by atoms with E-state index in [1.165, 1.54) is 14.2 Å². The molecule has 0 aromatic heterocycles. The highest BCUT2D eigenvalue weighted by Gasteiger charge is 2.30. The lowest BCUT2D eigenvalue weighted by Gasteiger charge is -2.19. The van der Waals surface area contributed by atoms with Crippen LogP contribution in [0.15, 0.2) is 133 Å². The molecule has 0 aliphatic heterocycles. The Morgan fingerprint density at radius 3 is 1.40 bits per heavy atom. The van der Waals surface area contributed by atoms with E-state index in [4.69, 9.17) is 61.6 Å². The standard InChI is InChI=1S/C32H26Cl2N2O5.C17H16Cl2N2O3/c1-40-31(38)28(17-19-13-15-20(16-14-19)35-30(37)29-26(33)11-6-12-27(29)34)36-32(39)41-18-25-23-9-4-2-7-21(23)22-8-3-5-10-24(22)25;1-24-17(23)14(20)9-10-5-7-11(8-6-10)21-16(22)15-12(18)3-2-4-13(15)19/h2-16,25,28H,17-18H2,1H3,(H,35,37)(H,36,39);2-8,14H,9,20H2,1H3,(H,21,22). The van der Waals surface area contributed by atoms with Crippen LogP contribution in [0.5, 0.6) is 0 Å². The van der Waals surface area contributed by atoms with Crippen LogP contribution in [-0.2, 0) is 36.6 Å². The lowest BCUT2D eigenvalue weighted by atomic mass is 9.98. The van der Waals surface area contributed by atoms with Crippen molar-refractivity contribution in [2.24, 2.45) is 5.73 Å². The molecule has 1 aliphatic rings. The maximum absolute atomic E-state index is 12.8. The summed E-state index contributed by atoms with van der Waals surface area (Å²) in [6.07, 6.45) is -0.221. The number of methoxy groups -OCH3 is 2. The number of halogens is 4. The molecule has 1 aliphatic carbocycles. The zero-order chi connectivity index (χ0) is 46.6. The van der Waals surface area contributed by atoms with Crippen LogP contribution in [0.1, 0.15) is 48.9 Å². The van der Waals surface area contributed by atoms with Gasteiger partial charge in [0.2, 0.25) is 0 Å². The van der Waals surface area contributed by atoms with E-state index in [0.29, 0.717) is 17.8 Å². The van der Waals surface area contributed by atoms with Crippen molar-refractivity contribution >= 4 is 87.6 Å². The lowest BCUT2D eigenvalue weighted by Crippen LogP contribution is -2.43. The zero-order valence-corrected chi connectivity index (χ0v) is 37.9. The smallest absolute Gasteiger partial charge is 0.407 e. The number of anilines is 2. The third kappa shape index (κ3) is 12.2. The molecule has 0 spiro atoms. The molecule has 12 nitrogen and oxygen atoms in total. The van der Waals surface area contributed by atoms with Crippen LogP contribution in [-0.4, -0.2) is 62.8 Å². The molecule has 0 saturated heterocycles. The van der Waals surface area contributed by atoms with Gasteiger partial charge >= 0.3 is 18.0 Å². The Hall–Kier alpha value is -6.41. The second-order valence-electron chi connectivity index (χ2n) is 14.6. The summed E-state index contributed by atoms with van der Waals surface area (Å²) in [5, 5.41) is 9.15. The summed E-state index contributed by atoms with van der Waals surface area (Å²) in [4.78, 5) is 61.6. The number of esters is 2. The minimum Gasteiger partial charge on any atom is -0.468 e. The first-order chi connectivity index (χ1) is 31.3. The maximum Gasteiger partial charge on any atom is 0.407 e. The second kappa shape index (κ2) is 22.5. The molecule has 16 heteroatoms. The van der Waals surface area contributed by atoms with Gasteiger partial charge < -0.3 is 35.9 Å². The molecular weight excluding hydrogens is 914 g/mol. The fraction of sp³-hybridized carbons (Fsp3) is 0.163. The van der Waals surface area contributed by atoms with E-state index >= 15 is 0 Å². The molecule has 0 heterocycles. The van der Waals surface area contributed by atoms with Gasteiger partial charge in [-0.1, -0.05) is 131 Å². The van der Waals surface area contributed by atoms with Crippen LogP contribution in [0, 0.1) is 0 Å². The van der Waals surface area contributed by atoms with Gasteiger partial charge in [0.15, 0.2) is 0 Å². The maximum atomic E-state index is 12.8. The molecule has 0 radical (unpaired) electrons. The second-order valence-corrected chi connectivity index (χ2v) is 16.2. The number of hydrogen-bond acceptors (Lipinski definition) is 9. The van der Waals surface area contributed by atoms with Crippen molar-refractivity contribution in [2.75, 3.05) is 31.5 Å². The number of benzene rings is 6. The van der Waals surface area contributed by atoms with Crippen molar-refractivity contribution in [1.29, 1.82) is 0 Å². The van der Waals surface area contributed by atoms with Gasteiger partial charge in [-0.15, -0.1) is 0 Å². The van der Waals surface area contributed by atoms with Crippen molar-refractivity contribution in [3.63, 3.8) is 0 Å². The summed E-state index contributed by atoms with van der Waals surface area (Å²) in [7, 11) is 2.55. The molecule has 6 aromatic rings. The average molecular weight is 957 g/mol. The molecule has 0 bridgehead atoms. The third-order valence-electron chi connectivity index (χ3n) is 10.3. The number of rotatable bonds is 13. The van der Waals surface area contributed by atoms with Gasteiger partial charge in [-0.2, -0.15) is 0 Å². The molecule has 6 aromatic carbocycles. The van der Waals surface area contributed by atoms with E-state index in [-0.39, 0.29) is 50.2 Å². The summed E-state index contributed by atoms with van der Waals surface area (Å²) in [5.41, 5.74) is 13.2. The van der Waals surface area contributed by atoms with Gasteiger partial charge in [-0.05, 0) is 88.3 Å². The normalized spacial score (nSPS) is 12.2. The van der Waals surface area contributed by atoms with Crippen molar-refractivity contribution in [2.45, 2.75) is 30.8 Å². The van der Waals surface area contributed by atoms with E-state index in [1.807, 2.05) is 36.4 Å². The minimum atomic E-state index is -0.974. The number of hydrogen-bond donors (Lipinski definition) is 4. The summed E-state index contributed by atoms with van der Waals surface area (Å²) >= 11 is 24.3. The number of alkyl carbamates (subject to hydrolysis) is 1. The number of ether oxygens (including phenoxy) is 3. The SMILES string of the molecule is COC(=O)C(Cc1ccc(NC(=O)c2c(Cl)cccc2Cl)cc1)NC(=O)OCC1c2ccccc2-c2ccccc21.COC(=O)C(N)Cc1ccc(NC(=O)c2c(Cl)cccc2Cl)cc1. The average Bonchev–Trinajstić information content (AvgIpc) is 3.62. The number of nitrogens with one attached hydrogen (secondary N) is 3. The Labute approximate surface area is 395 Å². The molecule has 0 fully saturated rings. The largest absolute Gasteiger partial charge is 0.468 e. The Morgan fingerprint density at radius 2 is 0.969 bits per heavy atom. The Kier molecular flexibility index (Phi) is 16.6. The van der Waals surface area contributed by atoms with Gasteiger partial charge in [0.05, 0.1) is 45.4 Å². The van der Waals surface area contributed by atoms with Crippen LogP contribution in [0.25, 0.3) is 11.1 Å². The number of amides is 3. The summed E-state index contributed by atoms with van der Waals surface area (Å²) in [5.74, 6) is -2.03. The first-order valence-corrected chi connectivity index (χ1v) is 21.5. The van der Waals surface area contributed by atoms with Crippen LogP contribution >= 0.6 is 46.4 Å². The fourth-order valence-electron chi connectivity index (χ4n) is 7.11. The fourth-order valence-corrected chi connectivity index (χ4v) is 8.25. The molecule has 2 unspecified atom stereocenters. The van der Waals surface area contributed by atoms with E-state index < -0.39 is 41.9 Å². The minimum absolute atomic E-state index is 0.104. The van der Waals surface area contributed by atoms with Crippen molar-refractivity contribution in [1.82, 2.24) is 5.32 Å². The van der Waals surface area contributed by atoms with E-state index in [9.17, 15) is 24.0 Å². The van der Waals surface area contributed by atoms with E-state index in [0.717, 1.165) is 33.4 Å². The molecular formula is C49H42Cl4N4O8. The molecule has 334 valence electrons. The molecule has 3 amide bonds. The van der Waals surface area contributed by atoms with Crippen molar-refractivity contribution < 1.29 is 38.2 Å².